The lowest BCUT2D eigenvalue weighted by atomic mass is 10.2. The number of para-hydroxylation sites is 1. The van der Waals surface area contributed by atoms with Gasteiger partial charge >= 0.3 is 5.97 Å². The van der Waals surface area contributed by atoms with E-state index in [4.69, 9.17) is 14.0 Å². The van der Waals surface area contributed by atoms with Crippen LogP contribution in [0.25, 0.3) is 22.6 Å². The molecule has 0 amide bonds. The van der Waals surface area contributed by atoms with Gasteiger partial charge in [-0.25, -0.2) is 0 Å². The highest BCUT2D eigenvalue weighted by Crippen LogP contribution is 2.25. The van der Waals surface area contributed by atoms with Gasteiger partial charge in [0.25, 0.3) is 0 Å². The summed E-state index contributed by atoms with van der Waals surface area (Å²) >= 11 is 0. The number of rotatable bonds is 6. The zero-order chi connectivity index (χ0) is 14.7. The number of nitrogens with zero attached hydrogens (tertiary/aromatic N) is 2. The first kappa shape index (κ1) is 13.4. The first-order valence-electron chi connectivity index (χ1n) is 6.76. The zero-order valence-electron chi connectivity index (χ0n) is 11.3. The minimum atomic E-state index is -0.788. The van der Waals surface area contributed by atoms with Gasteiger partial charge in [-0.3, -0.25) is 4.79 Å². The fourth-order valence-electron chi connectivity index (χ4n) is 2.10. The van der Waals surface area contributed by atoms with Gasteiger partial charge in [-0.2, -0.15) is 4.98 Å². The number of aromatic nitrogens is 2. The number of carboxylic acid groups (broad SMARTS) is 1. The Hall–Kier alpha value is -2.63. The third kappa shape index (κ3) is 3.10. The second-order valence-electron chi connectivity index (χ2n) is 4.76. The van der Waals surface area contributed by atoms with Crippen molar-refractivity contribution in [2.75, 3.05) is 0 Å². The number of unbranched alkanes of at least 4 members (excludes halogenated alkanes) is 1. The van der Waals surface area contributed by atoms with Crippen LogP contribution in [0, 0.1) is 0 Å². The number of benzene rings is 1. The van der Waals surface area contributed by atoms with Crippen LogP contribution in [0.1, 0.15) is 25.2 Å². The maximum absolute atomic E-state index is 10.4. The molecule has 0 bridgehead atoms. The molecule has 0 atom stereocenters. The molecule has 0 saturated carbocycles. The fraction of sp³-hybridized carbons (Fsp3) is 0.267. The third-order valence-electron chi connectivity index (χ3n) is 3.15. The monoisotopic (exact) mass is 286 g/mol. The SMILES string of the molecule is O=C(O)CCCCc1nc(-c2cc3ccccc3o2)no1. The van der Waals surface area contributed by atoms with E-state index in [0.29, 0.717) is 36.7 Å². The molecule has 0 aliphatic heterocycles. The molecule has 2 heterocycles. The van der Waals surface area contributed by atoms with E-state index in [1.54, 1.807) is 0 Å². The van der Waals surface area contributed by atoms with Crippen molar-refractivity contribution < 1.29 is 18.8 Å². The van der Waals surface area contributed by atoms with Crippen LogP contribution in [0.2, 0.25) is 0 Å². The zero-order valence-corrected chi connectivity index (χ0v) is 11.3. The van der Waals surface area contributed by atoms with Crippen molar-refractivity contribution in [2.24, 2.45) is 0 Å². The van der Waals surface area contributed by atoms with Crippen LogP contribution in [0.15, 0.2) is 39.3 Å². The summed E-state index contributed by atoms with van der Waals surface area (Å²) in [6.45, 7) is 0. The lowest BCUT2D eigenvalue weighted by molar-refractivity contribution is -0.137. The Kier molecular flexibility index (Phi) is 3.68. The number of fused-ring (bicyclic) bond motifs is 1. The van der Waals surface area contributed by atoms with E-state index in [1.165, 1.54) is 0 Å². The second kappa shape index (κ2) is 5.78. The number of aryl methyl sites for hydroxylation is 1. The Bertz CT molecular complexity index is 727. The smallest absolute Gasteiger partial charge is 0.303 e. The molecule has 0 radical (unpaired) electrons. The van der Waals surface area contributed by atoms with Crippen molar-refractivity contribution in [3.8, 4) is 11.6 Å². The van der Waals surface area contributed by atoms with E-state index >= 15 is 0 Å². The molecule has 0 spiro atoms. The maximum Gasteiger partial charge on any atom is 0.303 e. The summed E-state index contributed by atoms with van der Waals surface area (Å²) in [4.78, 5) is 14.7. The number of carboxylic acids is 1. The minimum Gasteiger partial charge on any atom is -0.481 e. The van der Waals surface area contributed by atoms with Gasteiger partial charge in [0, 0.05) is 18.2 Å². The average Bonchev–Trinajstić information content (AvgIpc) is 3.09. The van der Waals surface area contributed by atoms with Gasteiger partial charge in [-0.1, -0.05) is 23.4 Å². The molecule has 0 unspecified atom stereocenters. The summed E-state index contributed by atoms with van der Waals surface area (Å²) in [6.07, 6.45) is 2.02. The highest BCUT2D eigenvalue weighted by atomic mass is 16.5. The molecule has 1 N–H and O–H groups in total. The largest absolute Gasteiger partial charge is 0.481 e. The Morgan fingerprint density at radius 2 is 2.10 bits per heavy atom. The standard InChI is InChI=1S/C15H14N2O4/c18-14(19)8-4-3-7-13-16-15(17-21-13)12-9-10-5-1-2-6-11(10)20-12/h1-2,5-6,9H,3-4,7-8H2,(H,18,19). The number of carbonyl (C=O) groups is 1. The van der Waals surface area contributed by atoms with Crippen LogP contribution in [-0.4, -0.2) is 21.2 Å². The van der Waals surface area contributed by atoms with E-state index in [0.717, 1.165) is 11.0 Å². The predicted molar refractivity (Wildman–Crippen MR) is 74.7 cm³/mol. The van der Waals surface area contributed by atoms with Crippen molar-refractivity contribution in [2.45, 2.75) is 25.7 Å². The van der Waals surface area contributed by atoms with Crippen LogP contribution in [0.5, 0.6) is 0 Å². The van der Waals surface area contributed by atoms with E-state index in [9.17, 15) is 4.79 Å². The molecule has 3 rings (SSSR count). The van der Waals surface area contributed by atoms with E-state index in [-0.39, 0.29) is 6.42 Å². The summed E-state index contributed by atoms with van der Waals surface area (Å²) in [6, 6.07) is 9.54. The molecule has 0 aliphatic carbocycles. The first-order valence-corrected chi connectivity index (χ1v) is 6.76. The lowest BCUT2D eigenvalue weighted by Crippen LogP contribution is -1.95. The molecule has 0 aliphatic rings. The molecule has 108 valence electrons. The number of hydrogen-bond donors (Lipinski definition) is 1. The van der Waals surface area contributed by atoms with Crippen LogP contribution < -0.4 is 0 Å². The topological polar surface area (TPSA) is 89.4 Å². The van der Waals surface area contributed by atoms with E-state index in [1.807, 2.05) is 30.3 Å². The third-order valence-corrected chi connectivity index (χ3v) is 3.15. The highest BCUT2D eigenvalue weighted by molar-refractivity contribution is 5.81. The molecular formula is C15H14N2O4. The molecule has 1 aromatic carbocycles. The van der Waals surface area contributed by atoms with Crippen LogP contribution in [0.4, 0.5) is 0 Å². The van der Waals surface area contributed by atoms with Crippen LogP contribution in [0.3, 0.4) is 0 Å². The van der Waals surface area contributed by atoms with Crippen molar-refractivity contribution >= 4 is 16.9 Å². The van der Waals surface area contributed by atoms with Crippen LogP contribution in [-0.2, 0) is 11.2 Å². The number of aliphatic carboxylic acids is 1. The number of furan rings is 1. The Morgan fingerprint density at radius 1 is 1.24 bits per heavy atom. The van der Waals surface area contributed by atoms with Gasteiger partial charge in [0.1, 0.15) is 5.58 Å². The summed E-state index contributed by atoms with van der Waals surface area (Å²) in [5, 5.41) is 13.5. The van der Waals surface area contributed by atoms with Crippen molar-refractivity contribution in [3.63, 3.8) is 0 Å². The first-order chi connectivity index (χ1) is 10.2. The quantitative estimate of drug-likeness (QED) is 0.699. The Morgan fingerprint density at radius 3 is 2.90 bits per heavy atom. The van der Waals surface area contributed by atoms with Gasteiger partial charge in [-0.15, -0.1) is 0 Å². The molecule has 0 fully saturated rings. The van der Waals surface area contributed by atoms with Crippen molar-refractivity contribution in [3.05, 3.63) is 36.2 Å². The summed E-state index contributed by atoms with van der Waals surface area (Å²) in [5.41, 5.74) is 0.778. The lowest BCUT2D eigenvalue weighted by Gasteiger charge is -1.93. The molecule has 2 aromatic heterocycles. The summed E-state index contributed by atoms with van der Waals surface area (Å²) in [7, 11) is 0. The van der Waals surface area contributed by atoms with E-state index in [2.05, 4.69) is 10.1 Å². The fourth-order valence-corrected chi connectivity index (χ4v) is 2.10. The number of hydrogen-bond acceptors (Lipinski definition) is 5. The Balaban J connectivity index is 1.68. The molecule has 6 heteroatoms. The molecule has 3 aromatic rings. The summed E-state index contributed by atoms with van der Waals surface area (Å²) < 4.78 is 10.8. The van der Waals surface area contributed by atoms with Gasteiger partial charge in [-0.05, 0) is 25.0 Å². The summed E-state index contributed by atoms with van der Waals surface area (Å²) in [5.74, 6) is 0.690. The van der Waals surface area contributed by atoms with Gasteiger partial charge in [0.2, 0.25) is 11.7 Å². The van der Waals surface area contributed by atoms with E-state index < -0.39 is 5.97 Å². The maximum atomic E-state index is 10.4. The highest BCUT2D eigenvalue weighted by Gasteiger charge is 2.13. The van der Waals surface area contributed by atoms with Crippen molar-refractivity contribution in [1.29, 1.82) is 0 Å². The van der Waals surface area contributed by atoms with Crippen LogP contribution >= 0.6 is 0 Å². The predicted octanol–water partition coefficient (Wildman–Crippen LogP) is 3.28. The Labute approximate surface area is 120 Å². The minimum absolute atomic E-state index is 0.157. The molecule has 21 heavy (non-hydrogen) atoms. The second-order valence-corrected chi connectivity index (χ2v) is 4.76. The van der Waals surface area contributed by atoms with Gasteiger partial charge in [0.15, 0.2) is 5.76 Å². The molecule has 6 nitrogen and oxygen atoms in total. The van der Waals surface area contributed by atoms with Gasteiger partial charge < -0.3 is 14.0 Å². The molecular weight excluding hydrogens is 272 g/mol. The van der Waals surface area contributed by atoms with Gasteiger partial charge in [0.05, 0.1) is 0 Å². The molecule has 0 saturated heterocycles. The van der Waals surface area contributed by atoms with Crippen molar-refractivity contribution in [1.82, 2.24) is 10.1 Å². The normalized spacial score (nSPS) is 11.0. The average molecular weight is 286 g/mol.